The maximum atomic E-state index is 11.9. The molecular weight excluding hydrogens is 362 g/mol. The molecule has 0 spiro atoms. The van der Waals surface area contributed by atoms with Crippen molar-refractivity contribution < 1.29 is 18.7 Å². The van der Waals surface area contributed by atoms with Crippen LogP contribution < -0.4 is 5.32 Å². The maximum Gasteiger partial charge on any atom is 0.374 e. The van der Waals surface area contributed by atoms with E-state index in [1.165, 1.54) is 0 Å². The third kappa shape index (κ3) is 3.78. The summed E-state index contributed by atoms with van der Waals surface area (Å²) in [6, 6.07) is 15.9. The normalized spacial score (nSPS) is 10.5. The minimum Gasteiger partial charge on any atom is -0.450 e. The van der Waals surface area contributed by atoms with Gasteiger partial charge in [0.15, 0.2) is 6.61 Å². The number of hydrogen-bond donors (Lipinski definition) is 1. The summed E-state index contributed by atoms with van der Waals surface area (Å²) in [5, 5.41) is 3.44. The molecule has 0 unspecified atom stereocenters. The van der Waals surface area contributed by atoms with E-state index in [0.29, 0.717) is 11.3 Å². The minimum atomic E-state index is -0.674. The van der Waals surface area contributed by atoms with Crippen LogP contribution in [0.1, 0.15) is 10.6 Å². The highest BCUT2D eigenvalue weighted by Crippen LogP contribution is 2.19. The molecule has 3 aromatic rings. The number of carbonyl (C=O) groups is 2. The Morgan fingerprint density at radius 1 is 1.09 bits per heavy atom. The summed E-state index contributed by atoms with van der Waals surface area (Å²) < 4.78 is 11.3. The zero-order valence-electron chi connectivity index (χ0n) is 11.9. The predicted octanol–water partition coefficient (Wildman–Crippen LogP) is 3.99. The standard InChI is InChI=1S/C17H12BrNO4/c18-12-5-7-13(8-6-12)19-16(20)10-22-17(21)15-9-11-3-1-2-4-14(11)23-15/h1-9H,10H2,(H,19,20). The number of halogens is 1. The molecule has 1 amide bonds. The monoisotopic (exact) mass is 373 g/mol. The molecule has 23 heavy (non-hydrogen) atoms. The SMILES string of the molecule is O=C(COC(=O)c1cc2ccccc2o1)Nc1ccc(Br)cc1. The number of nitrogens with one attached hydrogen (secondary N) is 1. The van der Waals surface area contributed by atoms with Gasteiger partial charge in [0.2, 0.25) is 5.76 Å². The fourth-order valence-corrected chi connectivity index (χ4v) is 2.28. The number of amides is 1. The quantitative estimate of drug-likeness (QED) is 0.702. The van der Waals surface area contributed by atoms with Crippen LogP contribution in [0.15, 0.2) is 63.5 Å². The fourth-order valence-electron chi connectivity index (χ4n) is 2.01. The smallest absolute Gasteiger partial charge is 0.374 e. The number of carbonyl (C=O) groups excluding carboxylic acids is 2. The molecule has 1 heterocycles. The van der Waals surface area contributed by atoms with Crippen LogP contribution in [-0.2, 0) is 9.53 Å². The van der Waals surface area contributed by atoms with Crippen LogP contribution in [0.3, 0.4) is 0 Å². The van der Waals surface area contributed by atoms with Crippen molar-refractivity contribution in [2.45, 2.75) is 0 Å². The average Bonchev–Trinajstić information content (AvgIpc) is 2.99. The lowest BCUT2D eigenvalue weighted by Crippen LogP contribution is -2.20. The topological polar surface area (TPSA) is 68.5 Å². The Hall–Kier alpha value is -2.60. The van der Waals surface area contributed by atoms with E-state index in [0.717, 1.165) is 9.86 Å². The molecule has 1 aromatic heterocycles. The van der Waals surface area contributed by atoms with Crippen molar-refractivity contribution in [1.29, 1.82) is 0 Å². The Bertz CT molecular complexity index is 821. The highest BCUT2D eigenvalue weighted by molar-refractivity contribution is 9.10. The number of ether oxygens (including phenoxy) is 1. The molecule has 0 aliphatic heterocycles. The van der Waals surface area contributed by atoms with Gasteiger partial charge in [0.25, 0.3) is 5.91 Å². The van der Waals surface area contributed by atoms with Crippen molar-refractivity contribution in [1.82, 2.24) is 0 Å². The molecule has 3 rings (SSSR count). The van der Waals surface area contributed by atoms with E-state index < -0.39 is 11.9 Å². The van der Waals surface area contributed by atoms with E-state index in [1.54, 1.807) is 36.4 Å². The molecule has 116 valence electrons. The number of rotatable bonds is 4. The van der Waals surface area contributed by atoms with Crippen molar-refractivity contribution in [2.75, 3.05) is 11.9 Å². The second-order valence-electron chi connectivity index (χ2n) is 4.78. The Balaban J connectivity index is 1.57. The van der Waals surface area contributed by atoms with Gasteiger partial charge in [-0.05, 0) is 36.4 Å². The first-order chi connectivity index (χ1) is 11.1. The van der Waals surface area contributed by atoms with Gasteiger partial charge in [-0.15, -0.1) is 0 Å². The van der Waals surface area contributed by atoms with Crippen LogP contribution in [0.4, 0.5) is 5.69 Å². The van der Waals surface area contributed by atoms with Gasteiger partial charge in [0, 0.05) is 15.5 Å². The zero-order valence-corrected chi connectivity index (χ0v) is 13.5. The van der Waals surface area contributed by atoms with E-state index in [4.69, 9.17) is 9.15 Å². The molecule has 0 fully saturated rings. The van der Waals surface area contributed by atoms with Gasteiger partial charge in [-0.1, -0.05) is 34.1 Å². The van der Waals surface area contributed by atoms with Crippen LogP contribution in [0.2, 0.25) is 0 Å². The second kappa shape index (κ2) is 6.66. The molecule has 0 aliphatic rings. The van der Waals surface area contributed by atoms with Crippen molar-refractivity contribution in [2.24, 2.45) is 0 Å². The lowest BCUT2D eigenvalue weighted by atomic mass is 10.2. The van der Waals surface area contributed by atoms with Crippen LogP contribution >= 0.6 is 15.9 Å². The molecule has 0 saturated heterocycles. The number of benzene rings is 2. The van der Waals surface area contributed by atoms with Crippen LogP contribution in [-0.4, -0.2) is 18.5 Å². The first-order valence-corrected chi connectivity index (χ1v) is 7.62. The number of fused-ring (bicyclic) bond motifs is 1. The van der Waals surface area contributed by atoms with Crippen LogP contribution in [0, 0.1) is 0 Å². The van der Waals surface area contributed by atoms with E-state index in [2.05, 4.69) is 21.2 Å². The van der Waals surface area contributed by atoms with E-state index in [9.17, 15) is 9.59 Å². The highest BCUT2D eigenvalue weighted by atomic mass is 79.9. The molecule has 1 N–H and O–H groups in total. The summed E-state index contributed by atoms with van der Waals surface area (Å²) in [6.07, 6.45) is 0. The minimum absolute atomic E-state index is 0.0719. The second-order valence-corrected chi connectivity index (χ2v) is 5.70. The summed E-state index contributed by atoms with van der Waals surface area (Å²) in [6.45, 7) is -0.383. The van der Waals surface area contributed by atoms with E-state index in [-0.39, 0.29) is 12.4 Å². The zero-order chi connectivity index (χ0) is 16.2. The van der Waals surface area contributed by atoms with Crippen molar-refractivity contribution in [3.63, 3.8) is 0 Å². The van der Waals surface area contributed by atoms with Crippen molar-refractivity contribution >= 4 is 44.5 Å². The summed E-state index contributed by atoms with van der Waals surface area (Å²) in [5.74, 6) is -1.02. The number of furan rings is 1. The Kier molecular flexibility index (Phi) is 4.43. The van der Waals surface area contributed by atoms with E-state index in [1.807, 2.05) is 18.2 Å². The first kappa shape index (κ1) is 15.3. The third-order valence-corrected chi connectivity index (χ3v) is 3.62. The highest BCUT2D eigenvalue weighted by Gasteiger charge is 2.15. The van der Waals surface area contributed by atoms with Crippen molar-refractivity contribution in [3.05, 3.63) is 64.8 Å². The molecule has 0 saturated carbocycles. The van der Waals surface area contributed by atoms with Gasteiger partial charge >= 0.3 is 5.97 Å². The molecule has 2 aromatic carbocycles. The number of para-hydroxylation sites is 1. The Labute approximate surface area is 140 Å². The number of esters is 1. The predicted molar refractivity (Wildman–Crippen MR) is 89.3 cm³/mol. The molecule has 0 aliphatic carbocycles. The summed E-state index contributed by atoms with van der Waals surface area (Å²) in [4.78, 5) is 23.7. The molecule has 6 heteroatoms. The first-order valence-electron chi connectivity index (χ1n) is 6.83. The lowest BCUT2D eigenvalue weighted by Gasteiger charge is -2.05. The maximum absolute atomic E-state index is 11.9. The molecule has 0 radical (unpaired) electrons. The molecular formula is C17H12BrNO4. The average molecular weight is 374 g/mol. The summed E-state index contributed by atoms with van der Waals surface area (Å²) in [7, 11) is 0. The van der Waals surface area contributed by atoms with Gasteiger partial charge in [0.05, 0.1) is 0 Å². The lowest BCUT2D eigenvalue weighted by molar-refractivity contribution is -0.119. The number of anilines is 1. The van der Waals surface area contributed by atoms with Gasteiger partial charge in [0.1, 0.15) is 5.58 Å². The van der Waals surface area contributed by atoms with Gasteiger partial charge in [-0.3, -0.25) is 4.79 Å². The molecule has 0 bridgehead atoms. The summed E-state index contributed by atoms with van der Waals surface area (Å²) >= 11 is 3.31. The Morgan fingerprint density at radius 2 is 1.83 bits per heavy atom. The van der Waals surface area contributed by atoms with E-state index >= 15 is 0 Å². The van der Waals surface area contributed by atoms with Gasteiger partial charge in [-0.2, -0.15) is 0 Å². The number of hydrogen-bond acceptors (Lipinski definition) is 4. The van der Waals surface area contributed by atoms with Gasteiger partial charge < -0.3 is 14.5 Å². The Morgan fingerprint density at radius 3 is 2.57 bits per heavy atom. The fraction of sp³-hybridized carbons (Fsp3) is 0.0588. The van der Waals surface area contributed by atoms with Gasteiger partial charge in [-0.25, -0.2) is 4.79 Å². The largest absolute Gasteiger partial charge is 0.450 e. The molecule has 5 nitrogen and oxygen atoms in total. The van der Waals surface area contributed by atoms with Crippen molar-refractivity contribution in [3.8, 4) is 0 Å². The molecule has 0 atom stereocenters. The van der Waals surface area contributed by atoms with Crippen LogP contribution in [0.5, 0.6) is 0 Å². The van der Waals surface area contributed by atoms with Crippen LogP contribution in [0.25, 0.3) is 11.0 Å². The summed E-state index contributed by atoms with van der Waals surface area (Å²) in [5.41, 5.74) is 1.22. The third-order valence-electron chi connectivity index (χ3n) is 3.09.